The second kappa shape index (κ2) is 6.52. The SMILES string of the molecule is CCOC(=O)CC(C)(O)CCC(F)=C(F)F. The molecule has 0 bridgehead atoms. The lowest BCUT2D eigenvalue weighted by molar-refractivity contribution is -0.148. The number of hydrogen-bond donors (Lipinski definition) is 1. The van der Waals surface area contributed by atoms with E-state index in [0.717, 1.165) is 0 Å². The van der Waals surface area contributed by atoms with Gasteiger partial charge in [0, 0.05) is 6.42 Å². The van der Waals surface area contributed by atoms with Crippen LogP contribution >= 0.6 is 0 Å². The molecule has 1 unspecified atom stereocenters. The van der Waals surface area contributed by atoms with Crippen molar-refractivity contribution in [2.75, 3.05) is 6.61 Å². The van der Waals surface area contributed by atoms with Crippen molar-refractivity contribution in [3.05, 3.63) is 11.9 Å². The molecule has 0 radical (unpaired) electrons. The first kappa shape index (κ1) is 15.0. The maximum Gasteiger partial charge on any atom is 0.308 e. The van der Waals surface area contributed by atoms with Crippen LogP contribution in [0.4, 0.5) is 13.2 Å². The summed E-state index contributed by atoms with van der Waals surface area (Å²) in [6.07, 6.45) is -3.61. The van der Waals surface area contributed by atoms with Gasteiger partial charge in [-0.05, 0) is 20.3 Å². The molecule has 94 valence electrons. The number of allylic oxidation sites excluding steroid dienone is 1. The topological polar surface area (TPSA) is 46.5 Å². The summed E-state index contributed by atoms with van der Waals surface area (Å²) in [7, 11) is 0. The Morgan fingerprint density at radius 2 is 1.94 bits per heavy atom. The van der Waals surface area contributed by atoms with Crippen LogP contribution in [0.5, 0.6) is 0 Å². The molecule has 0 aromatic carbocycles. The van der Waals surface area contributed by atoms with E-state index in [1.165, 1.54) is 6.92 Å². The Balaban J connectivity index is 4.15. The summed E-state index contributed by atoms with van der Waals surface area (Å²) >= 11 is 0. The lowest BCUT2D eigenvalue weighted by Crippen LogP contribution is -2.28. The van der Waals surface area contributed by atoms with E-state index in [9.17, 15) is 23.1 Å². The molecule has 1 atom stereocenters. The molecule has 0 rings (SSSR count). The Hall–Kier alpha value is -1.04. The Morgan fingerprint density at radius 1 is 1.38 bits per heavy atom. The van der Waals surface area contributed by atoms with E-state index in [4.69, 9.17) is 0 Å². The first-order valence-corrected chi connectivity index (χ1v) is 4.86. The van der Waals surface area contributed by atoms with Gasteiger partial charge in [0.2, 0.25) is 0 Å². The van der Waals surface area contributed by atoms with Gasteiger partial charge in [0.15, 0.2) is 5.83 Å². The van der Waals surface area contributed by atoms with Gasteiger partial charge in [0.25, 0.3) is 0 Å². The van der Waals surface area contributed by atoms with Crippen LogP contribution in [-0.4, -0.2) is 23.3 Å². The average Bonchev–Trinajstić information content (AvgIpc) is 2.13. The maximum atomic E-state index is 12.4. The van der Waals surface area contributed by atoms with Crippen molar-refractivity contribution in [3.8, 4) is 0 Å². The fraction of sp³-hybridized carbons (Fsp3) is 0.700. The minimum atomic E-state index is -2.40. The molecule has 0 aromatic heterocycles. The number of ether oxygens (including phenoxy) is 1. The number of carbonyl (C=O) groups excluding carboxylic acids is 1. The highest BCUT2D eigenvalue weighted by molar-refractivity contribution is 5.70. The van der Waals surface area contributed by atoms with Gasteiger partial charge < -0.3 is 9.84 Å². The first-order chi connectivity index (χ1) is 7.28. The van der Waals surface area contributed by atoms with E-state index in [0.29, 0.717) is 0 Å². The standard InChI is InChI=1S/C10H15F3O3/c1-3-16-8(14)6-10(2,15)5-4-7(11)9(12)13/h15H,3-6H2,1-2H3. The quantitative estimate of drug-likeness (QED) is 0.726. The second-order valence-corrected chi connectivity index (χ2v) is 3.64. The number of hydrogen-bond acceptors (Lipinski definition) is 3. The third-order valence-electron chi connectivity index (χ3n) is 1.92. The highest BCUT2D eigenvalue weighted by atomic mass is 19.3. The van der Waals surface area contributed by atoms with Gasteiger partial charge in [-0.25, -0.2) is 4.39 Å². The van der Waals surface area contributed by atoms with Crippen LogP contribution in [0.2, 0.25) is 0 Å². The summed E-state index contributed by atoms with van der Waals surface area (Å²) in [5.74, 6) is -2.21. The summed E-state index contributed by atoms with van der Waals surface area (Å²) in [5.41, 5.74) is -1.54. The predicted octanol–water partition coefficient (Wildman–Crippen LogP) is 2.55. The Morgan fingerprint density at radius 3 is 2.38 bits per heavy atom. The summed E-state index contributed by atoms with van der Waals surface area (Å²) < 4.78 is 40.5. The van der Waals surface area contributed by atoms with Crippen LogP contribution in [0.1, 0.15) is 33.1 Å². The van der Waals surface area contributed by atoms with Crippen molar-refractivity contribution < 1.29 is 27.8 Å². The van der Waals surface area contributed by atoms with E-state index in [1.54, 1.807) is 6.92 Å². The largest absolute Gasteiger partial charge is 0.466 e. The normalized spacial score (nSPS) is 14.1. The number of halogens is 3. The summed E-state index contributed by atoms with van der Waals surface area (Å²) in [6, 6.07) is 0. The Kier molecular flexibility index (Phi) is 6.10. The maximum absolute atomic E-state index is 12.4. The van der Waals surface area contributed by atoms with E-state index in [1.807, 2.05) is 0 Å². The van der Waals surface area contributed by atoms with Gasteiger partial charge in [-0.3, -0.25) is 4.79 Å². The lowest BCUT2D eigenvalue weighted by Gasteiger charge is -2.21. The van der Waals surface area contributed by atoms with Gasteiger partial charge in [0.1, 0.15) is 0 Å². The molecule has 0 saturated heterocycles. The van der Waals surface area contributed by atoms with Crippen LogP contribution in [0.25, 0.3) is 0 Å². The zero-order valence-corrected chi connectivity index (χ0v) is 9.23. The van der Waals surface area contributed by atoms with Gasteiger partial charge >= 0.3 is 12.0 Å². The smallest absolute Gasteiger partial charge is 0.308 e. The lowest BCUT2D eigenvalue weighted by atomic mass is 9.96. The Bertz CT molecular complexity index is 270. The van der Waals surface area contributed by atoms with Crippen LogP contribution < -0.4 is 0 Å². The molecule has 0 amide bonds. The van der Waals surface area contributed by atoms with Crippen molar-refractivity contribution in [2.45, 2.75) is 38.7 Å². The van der Waals surface area contributed by atoms with Crippen molar-refractivity contribution in [3.63, 3.8) is 0 Å². The van der Waals surface area contributed by atoms with E-state index in [-0.39, 0.29) is 19.4 Å². The predicted molar refractivity (Wildman–Crippen MR) is 51.5 cm³/mol. The fourth-order valence-electron chi connectivity index (χ4n) is 1.08. The van der Waals surface area contributed by atoms with E-state index >= 15 is 0 Å². The number of rotatable bonds is 6. The molecule has 0 aliphatic heterocycles. The zero-order chi connectivity index (χ0) is 12.8. The van der Waals surface area contributed by atoms with Crippen molar-refractivity contribution >= 4 is 5.97 Å². The van der Waals surface area contributed by atoms with Crippen LogP contribution in [-0.2, 0) is 9.53 Å². The molecular weight excluding hydrogens is 225 g/mol. The molecule has 0 saturated carbocycles. The molecule has 0 heterocycles. The Labute approximate surface area is 91.9 Å². The molecule has 16 heavy (non-hydrogen) atoms. The fourth-order valence-corrected chi connectivity index (χ4v) is 1.08. The van der Waals surface area contributed by atoms with E-state index in [2.05, 4.69) is 4.74 Å². The van der Waals surface area contributed by atoms with Crippen molar-refractivity contribution in [1.29, 1.82) is 0 Å². The van der Waals surface area contributed by atoms with Crippen molar-refractivity contribution in [1.82, 2.24) is 0 Å². The monoisotopic (exact) mass is 240 g/mol. The third kappa shape index (κ3) is 6.44. The van der Waals surface area contributed by atoms with Gasteiger partial charge in [-0.2, -0.15) is 8.78 Å². The summed E-state index contributed by atoms with van der Waals surface area (Å²) in [4.78, 5) is 11.0. The van der Waals surface area contributed by atoms with Crippen LogP contribution in [0.3, 0.4) is 0 Å². The molecular formula is C10H15F3O3. The number of carbonyl (C=O) groups is 1. The molecule has 0 fully saturated rings. The van der Waals surface area contributed by atoms with Gasteiger partial charge in [-0.15, -0.1) is 0 Å². The highest BCUT2D eigenvalue weighted by Crippen LogP contribution is 2.23. The number of aliphatic hydroxyl groups is 1. The molecule has 0 spiro atoms. The van der Waals surface area contributed by atoms with Crippen LogP contribution in [0.15, 0.2) is 11.9 Å². The number of esters is 1. The van der Waals surface area contributed by atoms with Gasteiger partial charge in [0.05, 0.1) is 18.6 Å². The molecule has 6 heteroatoms. The van der Waals surface area contributed by atoms with Crippen molar-refractivity contribution in [2.24, 2.45) is 0 Å². The molecule has 1 N–H and O–H groups in total. The summed E-state index contributed by atoms with van der Waals surface area (Å²) in [6.45, 7) is 3.04. The molecule has 0 aromatic rings. The highest BCUT2D eigenvalue weighted by Gasteiger charge is 2.26. The molecule has 0 aliphatic rings. The zero-order valence-electron chi connectivity index (χ0n) is 9.23. The first-order valence-electron chi connectivity index (χ1n) is 4.86. The average molecular weight is 240 g/mol. The third-order valence-corrected chi connectivity index (χ3v) is 1.92. The second-order valence-electron chi connectivity index (χ2n) is 3.64. The van der Waals surface area contributed by atoms with Gasteiger partial charge in [-0.1, -0.05) is 0 Å². The van der Waals surface area contributed by atoms with Crippen LogP contribution in [0, 0.1) is 0 Å². The molecule has 0 aliphatic carbocycles. The minimum Gasteiger partial charge on any atom is -0.466 e. The van der Waals surface area contributed by atoms with E-state index < -0.39 is 29.9 Å². The minimum absolute atomic E-state index is 0.169. The molecule has 3 nitrogen and oxygen atoms in total. The summed E-state index contributed by atoms with van der Waals surface area (Å²) in [5, 5.41) is 9.61.